The zero-order valence-corrected chi connectivity index (χ0v) is 12.2. The molecule has 0 aromatic rings. The van der Waals surface area contributed by atoms with Crippen LogP contribution in [0, 0.1) is 0 Å². The molecule has 18 heavy (non-hydrogen) atoms. The van der Waals surface area contributed by atoms with Gasteiger partial charge in [-0.15, -0.1) is 0 Å². The van der Waals surface area contributed by atoms with Gasteiger partial charge in [0.1, 0.15) is 11.6 Å². The molecule has 0 aromatic carbocycles. The highest BCUT2D eigenvalue weighted by atomic mass is 16.6. The normalized spacial score (nSPS) is 13.4. The van der Waals surface area contributed by atoms with E-state index in [1.54, 1.807) is 0 Å². The lowest BCUT2D eigenvalue weighted by Gasteiger charge is -2.22. The van der Waals surface area contributed by atoms with Gasteiger partial charge in [0.2, 0.25) is 0 Å². The Morgan fingerprint density at radius 1 is 1.06 bits per heavy atom. The Kier molecular flexibility index (Phi) is 9.02. The number of hydrogen-bond acceptors (Lipinski definition) is 4. The van der Waals surface area contributed by atoms with Crippen LogP contribution < -0.4 is 11.5 Å². The van der Waals surface area contributed by atoms with E-state index in [1.165, 1.54) is 19.3 Å². The molecule has 0 heterocycles. The summed E-state index contributed by atoms with van der Waals surface area (Å²) in [5.74, 6) is -0.286. The second-order valence-corrected chi connectivity index (χ2v) is 5.84. The first kappa shape index (κ1) is 17.4. The Hall–Kier alpha value is -0.610. The number of unbranched alkanes of at least 4 members (excludes halogenated alkanes) is 5. The molecule has 0 aliphatic carbocycles. The van der Waals surface area contributed by atoms with Crippen molar-refractivity contribution in [3.8, 4) is 0 Å². The summed E-state index contributed by atoms with van der Waals surface area (Å²) in [4.78, 5) is 11.6. The zero-order chi connectivity index (χ0) is 14.0. The van der Waals surface area contributed by atoms with Crippen molar-refractivity contribution in [3.63, 3.8) is 0 Å². The molecule has 0 saturated carbocycles. The molecule has 0 radical (unpaired) electrons. The highest BCUT2D eigenvalue weighted by Crippen LogP contribution is 2.12. The molecule has 4 N–H and O–H groups in total. The minimum absolute atomic E-state index is 0.286. The molecule has 0 rings (SSSR count). The van der Waals surface area contributed by atoms with Crippen molar-refractivity contribution in [2.24, 2.45) is 11.5 Å². The first-order valence-electron chi connectivity index (χ1n) is 7.05. The molecule has 0 fully saturated rings. The maximum atomic E-state index is 11.6. The van der Waals surface area contributed by atoms with Gasteiger partial charge >= 0.3 is 5.97 Å². The van der Waals surface area contributed by atoms with Crippen molar-refractivity contribution < 1.29 is 9.53 Å². The lowest BCUT2D eigenvalue weighted by Crippen LogP contribution is -2.37. The summed E-state index contributed by atoms with van der Waals surface area (Å²) in [6.45, 7) is 6.35. The summed E-state index contributed by atoms with van der Waals surface area (Å²) in [6.07, 6.45) is 7.56. The van der Waals surface area contributed by atoms with Crippen LogP contribution in [-0.2, 0) is 9.53 Å². The van der Waals surface area contributed by atoms with E-state index in [0.717, 1.165) is 25.8 Å². The van der Waals surface area contributed by atoms with Gasteiger partial charge in [0.05, 0.1) is 0 Å². The third-order valence-electron chi connectivity index (χ3n) is 2.68. The quantitative estimate of drug-likeness (QED) is 0.491. The smallest absolute Gasteiger partial charge is 0.323 e. The molecule has 1 atom stereocenters. The number of hydrogen-bond donors (Lipinski definition) is 2. The van der Waals surface area contributed by atoms with Crippen molar-refractivity contribution in [1.82, 2.24) is 0 Å². The Balaban J connectivity index is 3.52. The molecular weight excluding hydrogens is 228 g/mol. The van der Waals surface area contributed by atoms with Gasteiger partial charge in [-0.1, -0.05) is 32.1 Å². The molecule has 0 bridgehead atoms. The monoisotopic (exact) mass is 258 g/mol. The molecule has 4 nitrogen and oxygen atoms in total. The van der Waals surface area contributed by atoms with E-state index in [9.17, 15) is 4.79 Å². The van der Waals surface area contributed by atoms with Gasteiger partial charge in [-0.25, -0.2) is 0 Å². The second kappa shape index (κ2) is 9.34. The van der Waals surface area contributed by atoms with Crippen molar-refractivity contribution in [2.45, 2.75) is 77.4 Å². The van der Waals surface area contributed by atoms with Crippen molar-refractivity contribution >= 4 is 5.97 Å². The topological polar surface area (TPSA) is 78.3 Å². The largest absolute Gasteiger partial charge is 0.459 e. The van der Waals surface area contributed by atoms with E-state index in [0.29, 0.717) is 6.42 Å². The SMILES string of the molecule is CC(C)(C)OC(=O)[C@H](N)CCCCCCCCN. The number of rotatable bonds is 9. The van der Waals surface area contributed by atoms with Gasteiger partial charge in [-0.05, 0) is 40.2 Å². The van der Waals surface area contributed by atoms with Crippen LogP contribution in [0.4, 0.5) is 0 Å². The molecular formula is C14H30N2O2. The van der Waals surface area contributed by atoms with Crippen molar-refractivity contribution in [1.29, 1.82) is 0 Å². The van der Waals surface area contributed by atoms with Gasteiger partial charge in [0.15, 0.2) is 0 Å². The van der Waals surface area contributed by atoms with Crippen LogP contribution in [0.15, 0.2) is 0 Å². The summed E-state index contributed by atoms with van der Waals surface area (Å²) < 4.78 is 5.23. The Morgan fingerprint density at radius 2 is 1.56 bits per heavy atom. The number of ether oxygens (including phenoxy) is 1. The first-order valence-corrected chi connectivity index (χ1v) is 7.05. The molecule has 4 heteroatoms. The van der Waals surface area contributed by atoms with Crippen molar-refractivity contribution in [3.05, 3.63) is 0 Å². The molecule has 0 aliphatic rings. The standard InChI is InChI=1S/C14H30N2O2/c1-14(2,3)18-13(17)12(16)10-8-6-4-5-7-9-11-15/h12H,4-11,15-16H2,1-3H3/t12-/m1/s1. The molecule has 0 unspecified atom stereocenters. The van der Waals surface area contributed by atoms with E-state index < -0.39 is 11.6 Å². The minimum Gasteiger partial charge on any atom is -0.459 e. The van der Waals surface area contributed by atoms with Crippen LogP contribution in [0.5, 0.6) is 0 Å². The van der Waals surface area contributed by atoms with E-state index in [2.05, 4.69) is 0 Å². The summed E-state index contributed by atoms with van der Waals surface area (Å²) in [6, 6.07) is -0.478. The highest BCUT2D eigenvalue weighted by Gasteiger charge is 2.21. The molecule has 0 aliphatic heterocycles. The number of carbonyl (C=O) groups excluding carboxylic acids is 1. The van der Waals surface area contributed by atoms with Gasteiger partial charge in [0, 0.05) is 0 Å². The Bertz CT molecular complexity index is 224. The minimum atomic E-state index is -0.478. The third kappa shape index (κ3) is 10.5. The van der Waals surface area contributed by atoms with E-state index in [-0.39, 0.29) is 5.97 Å². The molecule has 0 aromatic heterocycles. The number of carbonyl (C=O) groups is 1. The summed E-state index contributed by atoms with van der Waals surface area (Å²) >= 11 is 0. The summed E-state index contributed by atoms with van der Waals surface area (Å²) in [5, 5.41) is 0. The Morgan fingerprint density at radius 3 is 2.06 bits per heavy atom. The molecule has 108 valence electrons. The highest BCUT2D eigenvalue weighted by molar-refractivity contribution is 5.75. The lowest BCUT2D eigenvalue weighted by molar-refractivity contribution is -0.156. The number of nitrogens with two attached hydrogens (primary N) is 2. The van der Waals surface area contributed by atoms with Gasteiger partial charge in [0.25, 0.3) is 0 Å². The average Bonchev–Trinajstić information content (AvgIpc) is 2.25. The number of esters is 1. The summed E-state index contributed by atoms with van der Waals surface area (Å²) in [7, 11) is 0. The van der Waals surface area contributed by atoms with Crippen LogP contribution in [0.25, 0.3) is 0 Å². The fourth-order valence-electron chi connectivity index (χ4n) is 1.71. The van der Waals surface area contributed by atoms with Crippen LogP contribution in [0.2, 0.25) is 0 Å². The first-order chi connectivity index (χ1) is 8.37. The maximum absolute atomic E-state index is 11.6. The van der Waals surface area contributed by atoms with Gasteiger partial charge in [-0.2, -0.15) is 0 Å². The van der Waals surface area contributed by atoms with Gasteiger partial charge in [-0.3, -0.25) is 4.79 Å². The summed E-state index contributed by atoms with van der Waals surface area (Å²) in [5.41, 5.74) is 10.8. The molecule has 0 amide bonds. The van der Waals surface area contributed by atoms with Crippen LogP contribution in [0.3, 0.4) is 0 Å². The fourth-order valence-corrected chi connectivity index (χ4v) is 1.71. The zero-order valence-electron chi connectivity index (χ0n) is 12.2. The van der Waals surface area contributed by atoms with Gasteiger partial charge < -0.3 is 16.2 Å². The van der Waals surface area contributed by atoms with Crippen LogP contribution in [0.1, 0.15) is 65.7 Å². The molecule has 0 spiro atoms. The predicted molar refractivity (Wildman–Crippen MR) is 75.2 cm³/mol. The average molecular weight is 258 g/mol. The van der Waals surface area contributed by atoms with Crippen LogP contribution >= 0.6 is 0 Å². The van der Waals surface area contributed by atoms with E-state index >= 15 is 0 Å². The second-order valence-electron chi connectivity index (χ2n) is 5.84. The van der Waals surface area contributed by atoms with Crippen LogP contribution in [-0.4, -0.2) is 24.2 Å². The van der Waals surface area contributed by atoms with E-state index in [1.807, 2.05) is 20.8 Å². The lowest BCUT2D eigenvalue weighted by atomic mass is 10.1. The predicted octanol–water partition coefficient (Wildman–Crippen LogP) is 2.34. The van der Waals surface area contributed by atoms with E-state index in [4.69, 9.17) is 16.2 Å². The van der Waals surface area contributed by atoms with Crippen molar-refractivity contribution in [2.75, 3.05) is 6.54 Å². The maximum Gasteiger partial charge on any atom is 0.323 e. The fraction of sp³-hybridized carbons (Fsp3) is 0.929. The Labute approximate surface area is 111 Å². The molecule has 0 saturated heterocycles. The third-order valence-corrected chi connectivity index (χ3v) is 2.68.